The van der Waals surface area contributed by atoms with Crippen LogP contribution in [0.1, 0.15) is 10.4 Å². The lowest BCUT2D eigenvalue weighted by atomic mass is 10.2. The maximum Gasteiger partial charge on any atom is 0.257 e. The van der Waals surface area contributed by atoms with Gasteiger partial charge in [-0.1, -0.05) is 35.3 Å². The molecular formula is C18H12Cl2FN3O. The van der Waals surface area contributed by atoms with Crippen molar-refractivity contribution in [2.24, 2.45) is 0 Å². The predicted molar refractivity (Wildman–Crippen MR) is 98.3 cm³/mol. The summed E-state index contributed by atoms with van der Waals surface area (Å²) in [6.45, 7) is 0. The molecule has 0 aliphatic carbocycles. The van der Waals surface area contributed by atoms with Crippen LogP contribution in [-0.4, -0.2) is 10.9 Å². The second-order valence-corrected chi connectivity index (χ2v) is 5.96. The fraction of sp³-hybridized carbons (Fsp3) is 0. The summed E-state index contributed by atoms with van der Waals surface area (Å²) in [6, 6.07) is 12.6. The lowest BCUT2D eigenvalue weighted by Gasteiger charge is -2.09. The van der Waals surface area contributed by atoms with Gasteiger partial charge in [-0.15, -0.1) is 0 Å². The van der Waals surface area contributed by atoms with Gasteiger partial charge >= 0.3 is 0 Å². The van der Waals surface area contributed by atoms with Crippen LogP contribution >= 0.6 is 23.2 Å². The van der Waals surface area contributed by atoms with Crippen molar-refractivity contribution in [1.29, 1.82) is 0 Å². The van der Waals surface area contributed by atoms with Crippen LogP contribution in [0.25, 0.3) is 0 Å². The van der Waals surface area contributed by atoms with Crippen LogP contribution in [0.5, 0.6) is 0 Å². The van der Waals surface area contributed by atoms with Crippen molar-refractivity contribution >= 4 is 46.2 Å². The minimum absolute atomic E-state index is 0.107. The Hall–Kier alpha value is -2.63. The molecule has 0 saturated heterocycles. The number of amides is 1. The van der Waals surface area contributed by atoms with E-state index < -0.39 is 11.7 Å². The number of para-hydroxylation sites is 1. The number of benzene rings is 2. The van der Waals surface area contributed by atoms with Crippen LogP contribution < -0.4 is 10.6 Å². The third-order valence-electron chi connectivity index (χ3n) is 3.33. The quantitative estimate of drug-likeness (QED) is 0.630. The molecule has 0 radical (unpaired) electrons. The zero-order chi connectivity index (χ0) is 17.8. The molecule has 4 nitrogen and oxygen atoms in total. The number of halogens is 3. The highest BCUT2D eigenvalue weighted by molar-refractivity contribution is 6.42. The van der Waals surface area contributed by atoms with Crippen LogP contribution in [0, 0.1) is 5.82 Å². The average molecular weight is 376 g/mol. The van der Waals surface area contributed by atoms with Crippen molar-refractivity contribution in [3.05, 3.63) is 82.4 Å². The lowest BCUT2D eigenvalue weighted by Crippen LogP contribution is -2.13. The molecule has 126 valence electrons. The molecule has 7 heteroatoms. The molecule has 0 spiro atoms. The zero-order valence-corrected chi connectivity index (χ0v) is 14.3. The van der Waals surface area contributed by atoms with Crippen LogP contribution in [0.2, 0.25) is 10.0 Å². The molecule has 0 bridgehead atoms. The SMILES string of the molecule is O=C(Nc1ccccc1F)c1cncc(Nc2ccc(Cl)c(Cl)c2)c1. The Labute approximate surface area is 153 Å². The molecule has 1 amide bonds. The van der Waals surface area contributed by atoms with Crippen molar-refractivity contribution in [2.45, 2.75) is 0 Å². The first kappa shape index (κ1) is 17.2. The van der Waals surface area contributed by atoms with Gasteiger partial charge in [-0.25, -0.2) is 4.39 Å². The first-order chi connectivity index (χ1) is 12.0. The van der Waals surface area contributed by atoms with E-state index in [1.165, 1.54) is 18.3 Å². The van der Waals surface area contributed by atoms with Gasteiger partial charge in [0.25, 0.3) is 5.91 Å². The monoisotopic (exact) mass is 375 g/mol. The Morgan fingerprint density at radius 2 is 1.76 bits per heavy atom. The number of nitrogens with zero attached hydrogens (tertiary/aromatic N) is 1. The molecule has 0 unspecified atom stereocenters. The number of hydrogen-bond donors (Lipinski definition) is 2. The van der Waals surface area contributed by atoms with E-state index in [2.05, 4.69) is 15.6 Å². The van der Waals surface area contributed by atoms with Gasteiger partial charge in [-0.05, 0) is 36.4 Å². The highest BCUT2D eigenvalue weighted by Crippen LogP contribution is 2.27. The number of pyridine rings is 1. The van der Waals surface area contributed by atoms with E-state index in [0.29, 0.717) is 21.4 Å². The van der Waals surface area contributed by atoms with Crippen LogP contribution in [0.15, 0.2) is 60.9 Å². The number of hydrogen-bond acceptors (Lipinski definition) is 3. The Kier molecular flexibility index (Phi) is 5.16. The maximum atomic E-state index is 13.6. The van der Waals surface area contributed by atoms with Gasteiger partial charge in [-0.2, -0.15) is 0 Å². The van der Waals surface area contributed by atoms with Gasteiger partial charge in [0, 0.05) is 11.9 Å². The van der Waals surface area contributed by atoms with Crippen LogP contribution in [0.4, 0.5) is 21.5 Å². The molecule has 2 N–H and O–H groups in total. The summed E-state index contributed by atoms with van der Waals surface area (Å²) >= 11 is 11.9. The minimum atomic E-state index is -0.506. The van der Waals surface area contributed by atoms with Gasteiger partial charge in [-0.3, -0.25) is 9.78 Å². The molecule has 1 heterocycles. The summed E-state index contributed by atoms with van der Waals surface area (Å²) in [4.78, 5) is 16.3. The number of carbonyl (C=O) groups is 1. The highest BCUT2D eigenvalue weighted by Gasteiger charge is 2.10. The molecule has 0 saturated carbocycles. The normalized spacial score (nSPS) is 10.4. The standard InChI is InChI=1S/C18H12Cl2FN3O/c19-14-6-5-12(8-15(14)20)23-13-7-11(9-22-10-13)18(25)24-17-4-2-1-3-16(17)21/h1-10,23H,(H,24,25). The van der Waals surface area contributed by atoms with E-state index in [1.807, 2.05) is 0 Å². The van der Waals surface area contributed by atoms with Crippen LogP contribution in [0.3, 0.4) is 0 Å². The summed E-state index contributed by atoms with van der Waals surface area (Å²) in [5.74, 6) is -0.968. The van der Waals surface area contributed by atoms with E-state index >= 15 is 0 Å². The minimum Gasteiger partial charge on any atom is -0.354 e. The number of aromatic nitrogens is 1. The molecule has 0 atom stereocenters. The van der Waals surface area contributed by atoms with Gasteiger partial charge in [0.15, 0.2) is 0 Å². The van der Waals surface area contributed by atoms with E-state index in [-0.39, 0.29) is 11.3 Å². The van der Waals surface area contributed by atoms with E-state index in [9.17, 15) is 9.18 Å². The largest absolute Gasteiger partial charge is 0.354 e. The Bertz CT molecular complexity index is 934. The molecule has 0 aliphatic rings. The number of nitrogens with one attached hydrogen (secondary N) is 2. The number of rotatable bonds is 4. The third kappa shape index (κ3) is 4.26. The Morgan fingerprint density at radius 1 is 0.960 bits per heavy atom. The molecule has 25 heavy (non-hydrogen) atoms. The fourth-order valence-electron chi connectivity index (χ4n) is 2.13. The van der Waals surface area contributed by atoms with E-state index in [0.717, 1.165) is 0 Å². The predicted octanol–water partition coefficient (Wildman–Crippen LogP) is 5.52. The van der Waals surface area contributed by atoms with Gasteiger partial charge in [0.1, 0.15) is 5.82 Å². The molecule has 2 aromatic carbocycles. The second-order valence-electron chi connectivity index (χ2n) is 5.15. The maximum absolute atomic E-state index is 13.6. The topological polar surface area (TPSA) is 54.0 Å². The van der Waals surface area contributed by atoms with Crippen molar-refractivity contribution in [2.75, 3.05) is 10.6 Å². The second kappa shape index (κ2) is 7.51. The van der Waals surface area contributed by atoms with Crippen molar-refractivity contribution in [3.63, 3.8) is 0 Å². The van der Waals surface area contributed by atoms with E-state index in [1.54, 1.807) is 42.6 Å². The summed E-state index contributed by atoms with van der Waals surface area (Å²) in [5.41, 5.74) is 1.67. The summed E-state index contributed by atoms with van der Waals surface area (Å²) < 4.78 is 13.6. The van der Waals surface area contributed by atoms with Crippen molar-refractivity contribution < 1.29 is 9.18 Å². The van der Waals surface area contributed by atoms with Crippen LogP contribution in [-0.2, 0) is 0 Å². The first-order valence-corrected chi connectivity index (χ1v) is 8.01. The van der Waals surface area contributed by atoms with Crippen molar-refractivity contribution in [3.8, 4) is 0 Å². The van der Waals surface area contributed by atoms with Gasteiger partial charge < -0.3 is 10.6 Å². The summed E-state index contributed by atoms with van der Waals surface area (Å²) in [6.07, 6.45) is 2.96. The number of anilines is 3. The molecule has 0 fully saturated rings. The molecule has 1 aromatic heterocycles. The molecule has 0 aliphatic heterocycles. The lowest BCUT2D eigenvalue weighted by molar-refractivity contribution is 0.102. The third-order valence-corrected chi connectivity index (χ3v) is 4.07. The van der Waals surface area contributed by atoms with E-state index in [4.69, 9.17) is 23.2 Å². The smallest absolute Gasteiger partial charge is 0.257 e. The zero-order valence-electron chi connectivity index (χ0n) is 12.8. The Balaban J connectivity index is 1.77. The highest BCUT2D eigenvalue weighted by atomic mass is 35.5. The van der Waals surface area contributed by atoms with Gasteiger partial charge in [0.2, 0.25) is 0 Å². The summed E-state index contributed by atoms with van der Waals surface area (Å²) in [7, 11) is 0. The number of carbonyl (C=O) groups excluding carboxylic acids is 1. The molecule has 3 aromatic rings. The first-order valence-electron chi connectivity index (χ1n) is 7.26. The molecule has 3 rings (SSSR count). The van der Waals surface area contributed by atoms with Gasteiger partial charge in [0.05, 0.1) is 33.2 Å². The molecular weight excluding hydrogens is 364 g/mol. The Morgan fingerprint density at radius 3 is 2.52 bits per heavy atom. The fourth-order valence-corrected chi connectivity index (χ4v) is 2.43. The average Bonchev–Trinajstić information content (AvgIpc) is 2.60. The van der Waals surface area contributed by atoms with Crippen molar-refractivity contribution in [1.82, 2.24) is 4.98 Å². The summed E-state index contributed by atoms with van der Waals surface area (Å²) in [5, 5.41) is 6.45.